The molecule has 3 heterocycles. The Bertz CT molecular complexity index is 764. The van der Waals surface area contributed by atoms with E-state index in [2.05, 4.69) is 21.2 Å². The average Bonchev–Trinajstić information content (AvgIpc) is 2.67. The smallest absolute Gasteiger partial charge is 0.317 e. The summed E-state index contributed by atoms with van der Waals surface area (Å²) in [5.74, 6) is 1.28. The molecule has 144 valence electrons. The predicted octanol–water partition coefficient (Wildman–Crippen LogP) is 4.77. The standard InChI is InChI=1S/C22H28ClN3O/c23-18-6-3-7-19(13-18)24-22(27)26-10-4-5-15-11-16-12-17(21(15)26)14-25-9-2-1-8-20(16)25/h3,6-7,11,13,16-17,20-21H,1-2,4-5,8-10,12,14H2,(H,24,27)/t16?,17?,20-,21-/m1/s1. The Morgan fingerprint density at radius 3 is 3.00 bits per heavy atom. The first-order valence-electron chi connectivity index (χ1n) is 10.5. The van der Waals surface area contributed by atoms with Gasteiger partial charge in [0.25, 0.3) is 0 Å². The van der Waals surface area contributed by atoms with Gasteiger partial charge in [-0.3, -0.25) is 4.90 Å². The third-order valence-corrected chi connectivity index (χ3v) is 7.23. The molecule has 0 radical (unpaired) electrons. The van der Waals surface area contributed by atoms with Gasteiger partial charge in [0.15, 0.2) is 0 Å². The van der Waals surface area contributed by atoms with Crippen LogP contribution in [0.1, 0.15) is 38.5 Å². The van der Waals surface area contributed by atoms with Gasteiger partial charge in [0, 0.05) is 29.8 Å². The van der Waals surface area contributed by atoms with Crippen LogP contribution in [0.5, 0.6) is 0 Å². The van der Waals surface area contributed by atoms with Gasteiger partial charge in [-0.15, -0.1) is 0 Å². The maximum absolute atomic E-state index is 13.1. The summed E-state index contributed by atoms with van der Waals surface area (Å²) >= 11 is 6.08. The molecule has 4 nitrogen and oxygen atoms in total. The molecular weight excluding hydrogens is 358 g/mol. The Balaban J connectivity index is 1.39. The first-order chi connectivity index (χ1) is 13.2. The number of nitrogens with zero attached hydrogens (tertiary/aromatic N) is 2. The lowest BCUT2D eigenvalue weighted by molar-refractivity contribution is 0.00908. The van der Waals surface area contributed by atoms with Crippen LogP contribution in [0.3, 0.4) is 0 Å². The summed E-state index contributed by atoms with van der Waals surface area (Å²) in [7, 11) is 0. The molecule has 3 aliphatic heterocycles. The molecule has 5 rings (SSSR count). The van der Waals surface area contributed by atoms with Crippen molar-refractivity contribution in [1.29, 1.82) is 0 Å². The molecule has 4 atom stereocenters. The number of fused-ring (bicyclic) bond motifs is 6. The quantitative estimate of drug-likeness (QED) is 0.707. The van der Waals surface area contributed by atoms with Crippen molar-refractivity contribution in [2.75, 3.05) is 25.0 Å². The van der Waals surface area contributed by atoms with E-state index < -0.39 is 0 Å². The van der Waals surface area contributed by atoms with Crippen molar-refractivity contribution in [1.82, 2.24) is 9.80 Å². The van der Waals surface area contributed by atoms with Crippen LogP contribution in [0.25, 0.3) is 0 Å². The molecule has 3 saturated heterocycles. The highest BCUT2D eigenvalue weighted by Gasteiger charge is 2.46. The zero-order valence-corrected chi connectivity index (χ0v) is 16.5. The lowest BCUT2D eigenvalue weighted by atomic mass is 9.68. The van der Waals surface area contributed by atoms with E-state index in [1.54, 1.807) is 0 Å². The van der Waals surface area contributed by atoms with Gasteiger partial charge < -0.3 is 10.2 Å². The Morgan fingerprint density at radius 1 is 1.19 bits per heavy atom. The largest absolute Gasteiger partial charge is 0.322 e. The summed E-state index contributed by atoms with van der Waals surface area (Å²) in [4.78, 5) is 17.9. The van der Waals surface area contributed by atoms with E-state index >= 15 is 0 Å². The molecule has 2 amide bonds. The van der Waals surface area contributed by atoms with Crippen LogP contribution < -0.4 is 5.32 Å². The van der Waals surface area contributed by atoms with Crippen LogP contribution >= 0.6 is 11.6 Å². The van der Waals surface area contributed by atoms with Crippen LogP contribution in [0.15, 0.2) is 35.9 Å². The number of urea groups is 1. The predicted molar refractivity (Wildman–Crippen MR) is 109 cm³/mol. The van der Waals surface area contributed by atoms with E-state index in [0.717, 1.165) is 37.7 Å². The fourth-order valence-electron chi connectivity index (χ4n) is 5.96. The zero-order chi connectivity index (χ0) is 18.4. The summed E-state index contributed by atoms with van der Waals surface area (Å²) in [6.45, 7) is 3.24. The molecule has 0 spiro atoms. The van der Waals surface area contributed by atoms with Crippen LogP contribution in [-0.4, -0.2) is 47.5 Å². The van der Waals surface area contributed by atoms with Crippen molar-refractivity contribution >= 4 is 23.3 Å². The number of rotatable bonds is 1. The lowest BCUT2D eigenvalue weighted by Gasteiger charge is -2.54. The van der Waals surface area contributed by atoms with Gasteiger partial charge >= 0.3 is 6.03 Å². The topological polar surface area (TPSA) is 35.6 Å². The van der Waals surface area contributed by atoms with Crippen LogP contribution in [0.2, 0.25) is 5.02 Å². The van der Waals surface area contributed by atoms with Crippen molar-refractivity contribution in [2.24, 2.45) is 11.8 Å². The number of nitrogens with one attached hydrogen (secondary N) is 1. The van der Waals surface area contributed by atoms with Gasteiger partial charge in [-0.2, -0.15) is 0 Å². The molecule has 1 N–H and O–H groups in total. The molecule has 0 aromatic heterocycles. The number of carbonyl (C=O) groups is 1. The number of amides is 2. The molecule has 0 saturated carbocycles. The lowest BCUT2D eigenvalue weighted by Crippen LogP contribution is -2.60. The summed E-state index contributed by atoms with van der Waals surface area (Å²) < 4.78 is 0. The molecule has 2 unspecified atom stereocenters. The van der Waals surface area contributed by atoms with Gasteiger partial charge in [0.2, 0.25) is 0 Å². The fraction of sp³-hybridized carbons (Fsp3) is 0.591. The van der Waals surface area contributed by atoms with Crippen LogP contribution in [0, 0.1) is 11.8 Å². The van der Waals surface area contributed by atoms with Crippen molar-refractivity contribution in [3.05, 3.63) is 40.9 Å². The van der Waals surface area contributed by atoms with Crippen LogP contribution in [0.4, 0.5) is 10.5 Å². The van der Waals surface area contributed by atoms with E-state index in [-0.39, 0.29) is 12.1 Å². The molecule has 2 bridgehead atoms. The average molecular weight is 386 g/mol. The van der Waals surface area contributed by atoms with Crippen molar-refractivity contribution < 1.29 is 4.79 Å². The monoisotopic (exact) mass is 385 g/mol. The maximum Gasteiger partial charge on any atom is 0.322 e. The van der Waals surface area contributed by atoms with E-state index in [1.807, 2.05) is 24.3 Å². The minimum absolute atomic E-state index is 0.0204. The summed E-state index contributed by atoms with van der Waals surface area (Å²) in [5, 5.41) is 3.73. The molecule has 1 aliphatic carbocycles. The Kier molecular flexibility index (Phi) is 4.65. The number of benzene rings is 1. The number of carbonyl (C=O) groups excluding carboxylic acids is 1. The van der Waals surface area contributed by atoms with Gasteiger partial charge in [0.1, 0.15) is 0 Å². The zero-order valence-electron chi connectivity index (χ0n) is 15.7. The number of hydrogen-bond donors (Lipinski definition) is 1. The maximum atomic E-state index is 13.1. The number of piperidine rings is 3. The molecule has 5 heteroatoms. The van der Waals surface area contributed by atoms with E-state index in [1.165, 1.54) is 37.8 Å². The highest BCUT2D eigenvalue weighted by Crippen LogP contribution is 2.45. The van der Waals surface area contributed by atoms with Gasteiger partial charge in [-0.1, -0.05) is 35.7 Å². The van der Waals surface area contributed by atoms with Crippen molar-refractivity contribution in [2.45, 2.75) is 50.6 Å². The van der Waals surface area contributed by atoms with Crippen LogP contribution in [-0.2, 0) is 0 Å². The second kappa shape index (κ2) is 7.14. The van der Waals surface area contributed by atoms with Gasteiger partial charge in [-0.25, -0.2) is 4.79 Å². The van der Waals surface area contributed by atoms with E-state index in [9.17, 15) is 4.79 Å². The fourth-order valence-corrected chi connectivity index (χ4v) is 6.15. The molecule has 1 aromatic rings. The van der Waals surface area contributed by atoms with E-state index in [4.69, 9.17) is 11.6 Å². The Morgan fingerprint density at radius 2 is 2.11 bits per heavy atom. The van der Waals surface area contributed by atoms with Gasteiger partial charge in [-0.05, 0) is 68.7 Å². The Labute approximate surface area is 166 Å². The first kappa shape index (κ1) is 17.6. The summed E-state index contributed by atoms with van der Waals surface area (Å²) in [6.07, 6.45) is 10.1. The molecule has 27 heavy (non-hydrogen) atoms. The molecule has 4 aliphatic rings. The molecule has 1 aromatic carbocycles. The second-order valence-corrected chi connectivity index (χ2v) is 9.08. The number of likely N-dealkylation sites (tertiary alicyclic amines) is 1. The minimum Gasteiger partial charge on any atom is -0.317 e. The number of anilines is 1. The SMILES string of the molecule is O=C(Nc1cccc(Cl)c1)N1CCCC2=CC3CC(CN4CCCC[C@H]34)[C@@H]21. The van der Waals surface area contributed by atoms with Crippen molar-refractivity contribution in [3.8, 4) is 0 Å². The third-order valence-electron chi connectivity index (χ3n) is 6.99. The van der Waals surface area contributed by atoms with E-state index in [0.29, 0.717) is 16.9 Å². The number of hydrogen-bond acceptors (Lipinski definition) is 2. The normalized spacial score (nSPS) is 32.9. The summed E-state index contributed by atoms with van der Waals surface area (Å²) in [6, 6.07) is 8.47. The second-order valence-electron chi connectivity index (χ2n) is 8.64. The minimum atomic E-state index is 0.0204. The highest BCUT2D eigenvalue weighted by atomic mass is 35.5. The first-order valence-corrected chi connectivity index (χ1v) is 10.8. The molecule has 3 fully saturated rings. The van der Waals surface area contributed by atoms with Crippen molar-refractivity contribution in [3.63, 3.8) is 0 Å². The highest BCUT2D eigenvalue weighted by molar-refractivity contribution is 6.30. The Hall–Kier alpha value is -1.52. The third kappa shape index (κ3) is 3.27. The molecular formula is C22H28ClN3O. The summed E-state index contributed by atoms with van der Waals surface area (Å²) in [5.41, 5.74) is 2.30. The number of halogens is 1. The van der Waals surface area contributed by atoms with Gasteiger partial charge in [0.05, 0.1) is 6.04 Å².